The van der Waals surface area contributed by atoms with E-state index < -0.39 is 0 Å². The summed E-state index contributed by atoms with van der Waals surface area (Å²) in [6.07, 6.45) is 0. The molecule has 0 aromatic carbocycles. The molecule has 0 spiro atoms. The standard InChI is InChI=1S/2FH.K.Rb.H/h2*1H;;;. The third kappa shape index (κ3) is 9.00. The van der Waals surface area contributed by atoms with E-state index in [-0.39, 0.29) is 119 Å². The third-order valence-electron chi connectivity index (χ3n) is 0. The largest absolute Gasteiger partial charge is 0 e. The van der Waals surface area contributed by atoms with Gasteiger partial charge in [0.05, 0.1) is 0 Å². The van der Waals surface area contributed by atoms with Crippen molar-refractivity contribution in [2.45, 2.75) is 0 Å². The molecule has 0 aromatic heterocycles. The van der Waals surface area contributed by atoms with Crippen LogP contribution in [-0.2, 0) is 0 Å². The van der Waals surface area contributed by atoms with Crippen LogP contribution in [-0.4, -0.2) is 110 Å². The van der Waals surface area contributed by atoms with Gasteiger partial charge >= 0.3 is 51.4 Å². The maximum Gasteiger partial charge on any atom is 0 e. The Morgan fingerprint density at radius 1 is 0.750 bits per heavy atom. The van der Waals surface area contributed by atoms with Crippen LogP contribution in [0.5, 0.6) is 0 Å². The van der Waals surface area contributed by atoms with Crippen molar-refractivity contribution < 1.29 is 9.41 Å². The van der Waals surface area contributed by atoms with Gasteiger partial charge in [0.2, 0.25) is 0 Å². The monoisotopic (exact) mass is 165 g/mol. The zero-order chi connectivity index (χ0) is 0. The molecule has 0 bridgehead atoms. The van der Waals surface area contributed by atoms with E-state index in [4.69, 9.17) is 0 Å². The number of hydrogen-bond donors (Lipinski definition) is 0. The van der Waals surface area contributed by atoms with Gasteiger partial charge < -0.3 is 0 Å². The first kappa shape index (κ1) is 26.6. The first-order valence-electron chi connectivity index (χ1n) is 0. The van der Waals surface area contributed by atoms with Gasteiger partial charge in [-0.05, 0) is 0 Å². The molecule has 0 atom stereocenters. The van der Waals surface area contributed by atoms with Gasteiger partial charge in [0.25, 0.3) is 0 Å². The molecule has 0 fully saturated rings. The van der Waals surface area contributed by atoms with Crippen molar-refractivity contribution in [3.8, 4) is 0 Å². The average molecular weight is 166 g/mol. The van der Waals surface area contributed by atoms with Gasteiger partial charge in [-0.25, -0.2) is 0 Å². The van der Waals surface area contributed by atoms with E-state index in [0.717, 1.165) is 0 Å². The fraction of sp³-hybridized carbons (Fsp3) is 0. The van der Waals surface area contributed by atoms with Crippen LogP contribution >= 0.6 is 0 Å². The van der Waals surface area contributed by atoms with Crippen molar-refractivity contribution in [3.05, 3.63) is 0 Å². The maximum absolute atomic E-state index is 0. The first-order chi connectivity index (χ1) is 0. The average Bonchev–Trinajstić information content (AvgIpc) is 0. The molecule has 0 saturated carbocycles. The molecule has 0 rings (SSSR count). The minimum Gasteiger partial charge on any atom is 0 e. The molecule has 1 radical (unpaired) electrons. The second-order valence-electron chi connectivity index (χ2n) is 0. The Morgan fingerprint density at radius 3 is 0.750 bits per heavy atom. The summed E-state index contributed by atoms with van der Waals surface area (Å²) in [6, 6.07) is 0. The van der Waals surface area contributed by atoms with E-state index in [0.29, 0.717) is 0 Å². The van der Waals surface area contributed by atoms with Crippen LogP contribution in [0.4, 0.5) is 9.41 Å². The fourth-order valence-corrected chi connectivity index (χ4v) is 0. The smallest absolute Gasteiger partial charge is 0 e. The van der Waals surface area contributed by atoms with Gasteiger partial charge in [0.1, 0.15) is 0 Å². The first-order valence-corrected chi connectivity index (χ1v) is 0. The van der Waals surface area contributed by atoms with Crippen LogP contribution in [0.2, 0.25) is 0 Å². The summed E-state index contributed by atoms with van der Waals surface area (Å²) in [7, 11) is 0. The molecule has 4 heteroatoms. The van der Waals surface area contributed by atoms with Crippen LogP contribution < -0.4 is 0 Å². The molecule has 0 heterocycles. The summed E-state index contributed by atoms with van der Waals surface area (Å²) in [4.78, 5) is 0. The Kier molecular flexibility index (Phi) is 108. The zero-order valence-electron chi connectivity index (χ0n) is 1.82. The molecule has 4 heavy (non-hydrogen) atoms. The van der Waals surface area contributed by atoms with Gasteiger partial charge in [-0.2, -0.15) is 0 Å². The number of hydrogen-bond acceptors (Lipinski definition) is 0. The normalized spacial score (nSPS) is 0. The van der Waals surface area contributed by atoms with Crippen LogP contribution in [0.15, 0.2) is 0 Å². The van der Waals surface area contributed by atoms with Crippen molar-refractivity contribution in [3.63, 3.8) is 0 Å². The maximum atomic E-state index is 0. The quantitative estimate of drug-likeness (QED) is 0.416. The van der Waals surface area contributed by atoms with E-state index in [9.17, 15) is 0 Å². The number of rotatable bonds is 0. The van der Waals surface area contributed by atoms with Crippen LogP contribution in [0.25, 0.3) is 0 Å². The minimum atomic E-state index is 0. The Bertz CT molecular complexity index is 6.00. The second kappa shape index (κ2) is 16.2. The summed E-state index contributed by atoms with van der Waals surface area (Å²) in [5.41, 5.74) is 0. The zero-order valence-corrected chi connectivity index (χ0v) is 6.73. The molecule has 0 aliphatic heterocycles. The van der Waals surface area contributed by atoms with E-state index in [2.05, 4.69) is 0 Å². The van der Waals surface area contributed by atoms with Crippen molar-refractivity contribution in [2.75, 3.05) is 0 Å². The van der Waals surface area contributed by atoms with Gasteiger partial charge in [-0.3, -0.25) is 9.41 Å². The third-order valence-corrected chi connectivity index (χ3v) is 0. The molecule has 0 N–H and O–H groups in total. The van der Waals surface area contributed by atoms with Gasteiger partial charge in [-0.1, -0.05) is 0 Å². The summed E-state index contributed by atoms with van der Waals surface area (Å²) in [5, 5.41) is 0. The number of halogens is 2. The molecule has 0 aliphatic carbocycles. The van der Waals surface area contributed by atoms with E-state index in [1.54, 1.807) is 0 Å². The van der Waals surface area contributed by atoms with Crippen LogP contribution in [0, 0.1) is 0 Å². The molecular weight excluding hydrogens is 163 g/mol. The molecular formula is H3F2KRb. The Hall–Kier alpha value is 3.30. The summed E-state index contributed by atoms with van der Waals surface area (Å²) < 4.78 is 0. The van der Waals surface area contributed by atoms with Crippen molar-refractivity contribution in [2.24, 2.45) is 0 Å². The molecule has 0 nitrogen and oxygen atoms in total. The summed E-state index contributed by atoms with van der Waals surface area (Å²) in [6.45, 7) is 0. The Labute approximate surface area is 115 Å². The predicted octanol–water partition coefficient (Wildman–Crippen LogP) is -0.724. The van der Waals surface area contributed by atoms with Crippen molar-refractivity contribution >= 4 is 110 Å². The molecule has 0 amide bonds. The predicted molar refractivity (Wildman–Crippen MR) is 17.9 cm³/mol. The molecule has 0 aromatic rings. The molecule has 0 saturated heterocycles. The van der Waals surface area contributed by atoms with Crippen molar-refractivity contribution in [1.82, 2.24) is 0 Å². The fourth-order valence-electron chi connectivity index (χ4n) is 0. The molecule has 0 unspecified atom stereocenters. The van der Waals surface area contributed by atoms with Crippen LogP contribution in [0.1, 0.15) is 0 Å². The van der Waals surface area contributed by atoms with E-state index in [1.165, 1.54) is 0 Å². The summed E-state index contributed by atoms with van der Waals surface area (Å²) in [5.74, 6) is 0. The van der Waals surface area contributed by atoms with Crippen molar-refractivity contribution in [1.29, 1.82) is 0 Å². The van der Waals surface area contributed by atoms with Crippen LogP contribution in [0.3, 0.4) is 0 Å². The van der Waals surface area contributed by atoms with E-state index >= 15 is 0 Å². The van der Waals surface area contributed by atoms with Gasteiger partial charge in [0, 0.05) is 58.2 Å². The van der Waals surface area contributed by atoms with Gasteiger partial charge in [0.15, 0.2) is 0 Å². The SMILES string of the molecule is F.F.[KH].[Rb]. The second-order valence-corrected chi connectivity index (χ2v) is 0. The van der Waals surface area contributed by atoms with Gasteiger partial charge in [-0.15, -0.1) is 0 Å². The Morgan fingerprint density at radius 2 is 0.750 bits per heavy atom. The molecule has 19 valence electrons. The Balaban J connectivity index is 0. The minimum absolute atomic E-state index is 0. The molecule has 0 aliphatic rings. The topological polar surface area (TPSA) is 0 Å². The van der Waals surface area contributed by atoms with E-state index in [1.807, 2.05) is 0 Å². The summed E-state index contributed by atoms with van der Waals surface area (Å²) >= 11 is 0.